The third-order valence-electron chi connectivity index (χ3n) is 5.21. The van der Waals surface area contributed by atoms with Gasteiger partial charge >= 0.3 is 11.9 Å². The van der Waals surface area contributed by atoms with Gasteiger partial charge in [-0.05, 0) is 62.2 Å². The monoisotopic (exact) mass is 510 g/mol. The van der Waals surface area contributed by atoms with Crippen molar-refractivity contribution in [3.05, 3.63) is 95.6 Å². The van der Waals surface area contributed by atoms with Gasteiger partial charge in [-0.2, -0.15) is 0 Å². The van der Waals surface area contributed by atoms with Crippen molar-refractivity contribution in [2.24, 2.45) is 4.99 Å². The molecule has 9 heteroatoms. The van der Waals surface area contributed by atoms with Gasteiger partial charge in [0.1, 0.15) is 5.75 Å². The van der Waals surface area contributed by atoms with E-state index in [4.69, 9.17) is 21.1 Å². The Morgan fingerprint density at radius 1 is 1.11 bits per heavy atom. The summed E-state index contributed by atoms with van der Waals surface area (Å²) in [6, 6.07) is 13.1. The van der Waals surface area contributed by atoms with E-state index < -0.39 is 18.0 Å². The van der Waals surface area contributed by atoms with Crippen LogP contribution in [0.5, 0.6) is 5.75 Å². The van der Waals surface area contributed by atoms with Gasteiger partial charge in [-0.3, -0.25) is 14.2 Å². The first kappa shape index (κ1) is 24.6. The number of fused-ring (bicyclic) bond motifs is 1. The summed E-state index contributed by atoms with van der Waals surface area (Å²) in [6.45, 7) is 6.61. The quantitative estimate of drug-likeness (QED) is 0.385. The van der Waals surface area contributed by atoms with Gasteiger partial charge in [-0.15, -0.1) is 0 Å². The first-order valence-corrected chi connectivity index (χ1v) is 12.1. The lowest BCUT2D eigenvalue weighted by atomic mass is 9.96. The lowest BCUT2D eigenvalue weighted by Crippen LogP contribution is -2.40. The number of benzene rings is 2. The molecule has 0 saturated carbocycles. The summed E-state index contributed by atoms with van der Waals surface area (Å²) in [6.07, 6.45) is 1.42. The fraction of sp³-hybridized carbons (Fsp3) is 0.231. The standard InChI is InChI=1S/C26H23ClN2O5S/c1-14(2)33-25(32)22-15(3)28-26-29(23(22)18-7-9-19(27)10-8-18)24(31)21(35-26)13-17-5-11-20(12-6-17)34-16(4)30/h5-14,23H,1-4H3/b21-13+. The minimum Gasteiger partial charge on any atom is -0.459 e. The molecule has 180 valence electrons. The zero-order valence-electron chi connectivity index (χ0n) is 19.6. The summed E-state index contributed by atoms with van der Waals surface area (Å²) in [5.41, 5.74) is 2.00. The molecule has 1 atom stereocenters. The van der Waals surface area contributed by atoms with Crippen LogP contribution in [0.3, 0.4) is 0 Å². The van der Waals surface area contributed by atoms with Crippen molar-refractivity contribution < 1.29 is 19.1 Å². The van der Waals surface area contributed by atoms with E-state index in [2.05, 4.69) is 4.99 Å². The highest BCUT2D eigenvalue weighted by atomic mass is 35.5. The maximum Gasteiger partial charge on any atom is 0.338 e. The molecule has 35 heavy (non-hydrogen) atoms. The Hall–Kier alpha value is -3.49. The molecule has 7 nitrogen and oxygen atoms in total. The fourth-order valence-corrected chi connectivity index (χ4v) is 4.94. The molecule has 0 saturated heterocycles. The third-order valence-corrected chi connectivity index (χ3v) is 6.44. The van der Waals surface area contributed by atoms with Gasteiger partial charge in [-0.25, -0.2) is 9.79 Å². The topological polar surface area (TPSA) is 87.0 Å². The lowest BCUT2D eigenvalue weighted by molar-refractivity contribution is -0.143. The number of rotatable bonds is 5. The predicted molar refractivity (Wildman–Crippen MR) is 134 cm³/mol. The molecule has 2 aromatic carbocycles. The second-order valence-electron chi connectivity index (χ2n) is 8.25. The van der Waals surface area contributed by atoms with Gasteiger partial charge in [0.2, 0.25) is 0 Å². The Morgan fingerprint density at radius 3 is 2.37 bits per heavy atom. The van der Waals surface area contributed by atoms with Crippen molar-refractivity contribution in [2.75, 3.05) is 0 Å². The first-order valence-electron chi connectivity index (χ1n) is 10.9. The number of nitrogens with zero attached hydrogens (tertiary/aromatic N) is 2. The van der Waals surface area contributed by atoms with E-state index in [1.165, 1.54) is 22.8 Å². The van der Waals surface area contributed by atoms with Crippen LogP contribution in [0.15, 0.2) is 69.6 Å². The molecule has 4 rings (SSSR count). The number of carbonyl (C=O) groups is 2. The summed E-state index contributed by atoms with van der Waals surface area (Å²) >= 11 is 7.33. The SMILES string of the molecule is CC(=O)Oc1ccc(/C=c2/sc3n(c2=O)C(c2ccc(Cl)cc2)C(C(=O)OC(C)C)=C(C)N=3)cc1. The molecular weight excluding hydrogens is 488 g/mol. The number of halogens is 1. The molecule has 1 aromatic heterocycles. The third kappa shape index (κ3) is 5.28. The van der Waals surface area contributed by atoms with Crippen LogP contribution >= 0.6 is 22.9 Å². The van der Waals surface area contributed by atoms with Gasteiger partial charge in [-0.1, -0.05) is 47.2 Å². The van der Waals surface area contributed by atoms with Crippen LogP contribution in [0, 0.1) is 0 Å². The highest BCUT2D eigenvalue weighted by Gasteiger charge is 2.33. The molecule has 0 N–H and O–H groups in total. The number of carbonyl (C=O) groups excluding carboxylic acids is 2. The molecule has 1 unspecified atom stereocenters. The summed E-state index contributed by atoms with van der Waals surface area (Å²) < 4.78 is 12.5. The molecule has 0 fully saturated rings. The van der Waals surface area contributed by atoms with Gasteiger partial charge in [0, 0.05) is 11.9 Å². The van der Waals surface area contributed by atoms with Crippen molar-refractivity contribution in [2.45, 2.75) is 39.8 Å². The average molecular weight is 511 g/mol. The normalized spacial score (nSPS) is 15.6. The molecule has 0 radical (unpaired) electrons. The van der Waals surface area contributed by atoms with Crippen molar-refractivity contribution in [1.29, 1.82) is 0 Å². The summed E-state index contributed by atoms with van der Waals surface area (Å²) in [5.74, 6) is -0.505. The van der Waals surface area contributed by atoms with Gasteiger partial charge < -0.3 is 9.47 Å². The molecule has 0 spiro atoms. The van der Waals surface area contributed by atoms with E-state index in [0.717, 1.165) is 11.1 Å². The Kier molecular flexibility index (Phi) is 7.05. The summed E-state index contributed by atoms with van der Waals surface area (Å²) in [5, 5.41) is 0.547. The van der Waals surface area contributed by atoms with Crippen molar-refractivity contribution in [3.63, 3.8) is 0 Å². The Balaban J connectivity index is 1.86. The smallest absolute Gasteiger partial charge is 0.338 e. The second-order valence-corrected chi connectivity index (χ2v) is 9.70. The number of hydrogen-bond donors (Lipinski definition) is 0. The van der Waals surface area contributed by atoms with E-state index in [0.29, 0.717) is 31.4 Å². The van der Waals surface area contributed by atoms with E-state index in [1.54, 1.807) is 75.4 Å². The van der Waals surface area contributed by atoms with Crippen LogP contribution < -0.4 is 19.6 Å². The molecule has 1 aliphatic rings. The molecule has 0 amide bonds. The first-order chi connectivity index (χ1) is 16.6. The number of ether oxygens (including phenoxy) is 2. The van der Waals surface area contributed by atoms with Crippen LogP contribution in [-0.2, 0) is 14.3 Å². The molecule has 0 aliphatic carbocycles. The molecule has 2 heterocycles. The number of aromatic nitrogens is 1. The fourth-order valence-electron chi connectivity index (χ4n) is 3.77. The highest BCUT2D eigenvalue weighted by molar-refractivity contribution is 7.07. The highest BCUT2D eigenvalue weighted by Crippen LogP contribution is 2.31. The van der Waals surface area contributed by atoms with Crippen LogP contribution in [0.25, 0.3) is 6.08 Å². The van der Waals surface area contributed by atoms with Gasteiger partial charge in [0.25, 0.3) is 5.56 Å². The van der Waals surface area contributed by atoms with Crippen LogP contribution in [0.4, 0.5) is 0 Å². The van der Waals surface area contributed by atoms with Crippen molar-refractivity contribution in [1.82, 2.24) is 4.57 Å². The zero-order valence-corrected chi connectivity index (χ0v) is 21.1. The average Bonchev–Trinajstić information content (AvgIpc) is 3.08. The van der Waals surface area contributed by atoms with E-state index in [-0.39, 0.29) is 11.7 Å². The number of allylic oxidation sites excluding steroid dienone is 1. The van der Waals surface area contributed by atoms with Crippen LogP contribution in [-0.4, -0.2) is 22.6 Å². The molecular formula is C26H23ClN2O5S. The van der Waals surface area contributed by atoms with Crippen molar-refractivity contribution >= 4 is 41.0 Å². The summed E-state index contributed by atoms with van der Waals surface area (Å²) in [4.78, 5) is 42.9. The van der Waals surface area contributed by atoms with E-state index in [9.17, 15) is 14.4 Å². The minimum atomic E-state index is -0.705. The Labute approximate surface area is 210 Å². The number of thiazole rings is 1. The maximum absolute atomic E-state index is 13.6. The largest absolute Gasteiger partial charge is 0.459 e. The number of esters is 2. The Morgan fingerprint density at radius 2 is 1.77 bits per heavy atom. The maximum atomic E-state index is 13.6. The second kappa shape index (κ2) is 10.0. The van der Waals surface area contributed by atoms with E-state index >= 15 is 0 Å². The van der Waals surface area contributed by atoms with Gasteiger partial charge in [0.05, 0.1) is 27.9 Å². The predicted octanol–water partition coefficient (Wildman–Crippen LogP) is 3.77. The zero-order chi connectivity index (χ0) is 25.3. The molecule has 3 aromatic rings. The molecule has 1 aliphatic heterocycles. The number of hydrogen-bond acceptors (Lipinski definition) is 7. The van der Waals surface area contributed by atoms with E-state index in [1.807, 2.05) is 0 Å². The lowest BCUT2D eigenvalue weighted by Gasteiger charge is -2.25. The van der Waals surface area contributed by atoms with Gasteiger partial charge in [0.15, 0.2) is 4.80 Å². The summed E-state index contributed by atoms with van der Waals surface area (Å²) in [7, 11) is 0. The molecule has 0 bridgehead atoms. The van der Waals surface area contributed by atoms with Crippen LogP contribution in [0.1, 0.15) is 44.9 Å². The minimum absolute atomic E-state index is 0.278. The Bertz CT molecular complexity index is 1500. The van der Waals surface area contributed by atoms with Crippen LogP contribution in [0.2, 0.25) is 5.02 Å². The van der Waals surface area contributed by atoms with Crippen molar-refractivity contribution in [3.8, 4) is 5.75 Å².